The van der Waals surface area contributed by atoms with E-state index in [1.54, 1.807) is 6.20 Å². The maximum Gasteiger partial charge on any atom is 0.224 e. The van der Waals surface area contributed by atoms with Crippen molar-refractivity contribution in [2.75, 3.05) is 6.54 Å². The number of carbonyl (C=O) groups excluding carboxylic acids is 1. The Balaban J connectivity index is 1.83. The molecular formula is C15H21ClN2O. The molecule has 0 aliphatic heterocycles. The molecule has 0 aromatic carbocycles. The Morgan fingerprint density at radius 1 is 1.37 bits per heavy atom. The average molecular weight is 281 g/mol. The van der Waals surface area contributed by atoms with Crippen molar-refractivity contribution in [3.05, 3.63) is 29.0 Å². The van der Waals surface area contributed by atoms with Crippen LogP contribution in [0.15, 0.2) is 18.3 Å². The van der Waals surface area contributed by atoms with Crippen molar-refractivity contribution in [2.45, 2.75) is 34.1 Å². The van der Waals surface area contributed by atoms with E-state index in [9.17, 15) is 4.79 Å². The van der Waals surface area contributed by atoms with E-state index in [4.69, 9.17) is 11.6 Å². The zero-order valence-corrected chi connectivity index (χ0v) is 12.7. The van der Waals surface area contributed by atoms with E-state index in [0.717, 1.165) is 12.0 Å². The Morgan fingerprint density at radius 2 is 2.00 bits per heavy atom. The average Bonchev–Trinajstić information content (AvgIpc) is 2.69. The molecule has 0 atom stereocenters. The lowest BCUT2D eigenvalue weighted by atomic mass is 10.0. The molecule has 1 amide bonds. The minimum absolute atomic E-state index is 0.0943. The number of amides is 1. The summed E-state index contributed by atoms with van der Waals surface area (Å²) in [4.78, 5) is 16.1. The molecule has 1 aromatic heterocycles. The first kappa shape index (κ1) is 14.3. The minimum atomic E-state index is 0.0943. The van der Waals surface area contributed by atoms with Crippen LogP contribution < -0.4 is 5.32 Å². The van der Waals surface area contributed by atoms with Gasteiger partial charge in [0.15, 0.2) is 0 Å². The second-order valence-corrected chi connectivity index (χ2v) is 6.79. The van der Waals surface area contributed by atoms with Gasteiger partial charge in [0.2, 0.25) is 5.91 Å². The molecule has 0 bridgehead atoms. The van der Waals surface area contributed by atoms with Crippen LogP contribution in [0.5, 0.6) is 0 Å². The zero-order chi connectivity index (χ0) is 14.3. The highest BCUT2D eigenvalue weighted by atomic mass is 35.5. The third kappa shape index (κ3) is 2.62. The van der Waals surface area contributed by atoms with Gasteiger partial charge in [-0.2, -0.15) is 0 Å². The monoisotopic (exact) mass is 280 g/mol. The number of hydrogen-bond donors (Lipinski definition) is 1. The van der Waals surface area contributed by atoms with E-state index in [2.05, 4.69) is 38.0 Å². The lowest BCUT2D eigenvalue weighted by molar-refractivity contribution is -0.123. The van der Waals surface area contributed by atoms with Gasteiger partial charge in [0.05, 0.1) is 0 Å². The Bertz CT molecular complexity index is 483. The van der Waals surface area contributed by atoms with Gasteiger partial charge < -0.3 is 5.32 Å². The Hall–Kier alpha value is -1.09. The van der Waals surface area contributed by atoms with Crippen LogP contribution in [0.3, 0.4) is 0 Å². The molecule has 0 spiro atoms. The van der Waals surface area contributed by atoms with Crippen molar-refractivity contribution in [2.24, 2.45) is 16.7 Å². The van der Waals surface area contributed by atoms with Gasteiger partial charge in [-0.25, -0.2) is 4.98 Å². The summed E-state index contributed by atoms with van der Waals surface area (Å²) in [6.45, 7) is 9.25. The van der Waals surface area contributed by atoms with E-state index < -0.39 is 0 Å². The molecule has 1 aliphatic carbocycles. The van der Waals surface area contributed by atoms with Crippen molar-refractivity contribution in [1.29, 1.82) is 0 Å². The van der Waals surface area contributed by atoms with Crippen LogP contribution in [0.25, 0.3) is 0 Å². The summed E-state index contributed by atoms with van der Waals surface area (Å²) < 4.78 is 0. The SMILES string of the molecule is CC1(C)C(C(=O)NCCc2ccnc(Cl)c2)C1(C)C. The number of halogens is 1. The van der Waals surface area contributed by atoms with Gasteiger partial charge in [-0.05, 0) is 34.9 Å². The molecule has 0 unspecified atom stereocenters. The molecular weight excluding hydrogens is 260 g/mol. The molecule has 1 saturated carbocycles. The number of nitrogens with zero attached hydrogens (tertiary/aromatic N) is 1. The van der Waals surface area contributed by atoms with Crippen LogP contribution in [0.2, 0.25) is 5.15 Å². The zero-order valence-electron chi connectivity index (χ0n) is 12.0. The van der Waals surface area contributed by atoms with E-state index in [1.807, 2.05) is 12.1 Å². The van der Waals surface area contributed by atoms with Crippen molar-refractivity contribution in [1.82, 2.24) is 10.3 Å². The van der Waals surface area contributed by atoms with Crippen LogP contribution in [-0.2, 0) is 11.2 Å². The largest absolute Gasteiger partial charge is 0.355 e. The summed E-state index contributed by atoms with van der Waals surface area (Å²) in [5.41, 5.74) is 1.28. The molecule has 1 heterocycles. The molecule has 2 rings (SSSR count). The van der Waals surface area contributed by atoms with Gasteiger partial charge in [0.1, 0.15) is 5.15 Å². The summed E-state index contributed by atoms with van der Waals surface area (Å²) in [5.74, 6) is 0.274. The van der Waals surface area contributed by atoms with Gasteiger partial charge in [-0.15, -0.1) is 0 Å². The van der Waals surface area contributed by atoms with Crippen LogP contribution in [-0.4, -0.2) is 17.4 Å². The number of rotatable bonds is 4. The highest BCUT2D eigenvalue weighted by Crippen LogP contribution is 2.68. The molecule has 0 radical (unpaired) electrons. The third-order valence-electron chi connectivity index (χ3n) is 4.79. The Kier molecular flexibility index (Phi) is 3.61. The molecule has 19 heavy (non-hydrogen) atoms. The smallest absolute Gasteiger partial charge is 0.224 e. The molecule has 1 aliphatic rings. The number of pyridine rings is 1. The minimum Gasteiger partial charge on any atom is -0.355 e. The van der Waals surface area contributed by atoms with E-state index >= 15 is 0 Å². The standard InChI is InChI=1S/C15H21ClN2O/c1-14(2)12(15(14,3)4)13(19)18-8-6-10-5-7-17-11(16)9-10/h5,7,9,12H,6,8H2,1-4H3,(H,18,19). The van der Waals surface area contributed by atoms with Gasteiger partial charge in [0.25, 0.3) is 0 Å². The molecule has 4 heteroatoms. The number of nitrogens with one attached hydrogen (secondary N) is 1. The Labute approximate surface area is 119 Å². The molecule has 1 aromatic rings. The summed E-state index contributed by atoms with van der Waals surface area (Å²) in [6, 6.07) is 3.75. The lowest BCUT2D eigenvalue weighted by Gasteiger charge is -2.06. The summed E-state index contributed by atoms with van der Waals surface area (Å²) in [5, 5.41) is 3.52. The predicted octanol–water partition coefficient (Wildman–Crippen LogP) is 3.08. The fourth-order valence-electron chi connectivity index (χ4n) is 2.88. The normalized spacial score (nSPS) is 20.1. The summed E-state index contributed by atoms with van der Waals surface area (Å²) >= 11 is 5.82. The lowest BCUT2D eigenvalue weighted by Crippen LogP contribution is -2.29. The number of aromatic nitrogens is 1. The summed E-state index contributed by atoms with van der Waals surface area (Å²) in [6.07, 6.45) is 2.47. The fourth-order valence-corrected chi connectivity index (χ4v) is 3.08. The van der Waals surface area contributed by atoms with Crippen molar-refractivity contribution >= 4 is 17.5 Å². The van der Waals surface area contributed by atoms with Crippen LogP contribution in [0.1, 0.15) is 33.3 Å². The fraction of sp³-hybridized carbons (Fsp3) is 0.600. The highest BCUT2D eigenvalue weighted by Gasteiger charge is 2.68. The molecule has 104 valence electrons. The molecule has 3 nitrogen and oxygen atoms in total. The van der Waals surface area contributed by atoms with Crippen molar-refractivity contribution in [3.8, 4) is 0 Å². The van der Waals surface area contributed by atoms with Crippen LogP contribution >= 0.6 is 11.6 Å². The van der Waals surface area contributed by atoms with E-state index in [-0.39, 0.29) is 22.7 Å². The molecule has 1 N–H and O–H groups in total. The highest BCUT2D eigenvalue weighted by molar-refractivity contribution is 6.29. The molecule has 1 fully saturated rings. The van der Waals surface area contributed by atoms with Crippen LogP contribution in [0, 0.1) is 16.7 Å². The van der Waals surface area contributed by atoms with Gasteiger partial charge in [-0.1, -0.05) is 39.3 Å². The topological polar surface area (TPSA) is 42.0 Å². The summed E-state index contributed by atoms with van der Waals surface area (Å²) in [7, 11) is 0. The van der Waals surface area contributed by atoms with Gasteiger partial charge >= 0.3 is 0 Å². The first-order valence-electron chi connectivity index (χ1n) is 6.65. The van der Waals surface area contributed by atoms with Gasteiger partial charge in [-0.3, -0.25) is 4.79 Å². The first-order valence-corrected chi connectivity index (χ1v) is 7.03. The number of hydrogen-bond acceptors (Lipinski definition) is 2. The van der Waals surface area contributed by atoms with E-state index in [0.29, 0.717) is 11.7 Å². The van der Waals surface area contributed by atoms with Crippen molar-refractivity contribution < 1.29 is 4.79 Å². The second kappa shape index (κ2) is 4.78. The maximum atomic E-state index is 12.1. The third-order valence-corrected chi connectivity index (χ3v) is 4.99. The van der Waals surface area contributed by atoms with Crippen LogP contribution in [0.4, 0.5) is 0 Å². The van der Waals surface area contributed by atoms with E-state index in [1.165, 1.54) is 0 Å². The maximum absolute atomic E-state index is 12.1. The number of carbonyl (C=O) groups is 1. The second-order valence-electron chi connectivity index (χ2n) is 6.40. The Morgan fingerprint density at radius 3 is 2.53 bits per heavy atom. The first-order chi connectivity index (χ1) is 8.76. The van der Waals surface area contributed by atoms with Crippen molar-refractivity contribution in [3.63, 3.8) is 0 Å². The molecule has 0 saturated heterocycles. The van der Waals surface area contributed by atoms with Gasteiger partial charge in [0, 0.05) is 18.7 Å². The quantitative estimate of drug-likeness (QED) is 0.861. The predicted molar refractivity (Wildman–Crippen MR) is 77.0 cm³/mol.